The van der Waals surface area contributed by atoms with E-state index >= 15 is 0 Å². The van der Waals surface area contributed by atoms with Gasteiger partial charge in [-0.05, 0) is 45.9 Å². The van der Waals surface area contributed by atoms with Crippen molar-refractivity contribution in [2.24, 2.45) is 0 Å². The topological polar surface area (TPSA) is 49.9 Å². The zero-order valence-corrected chi connectivity index (χ0v) is 14.1. The van der Waals surface area contributed by atoms with E-state index in [1.54, 1.807) is 11.0 Å². The average molecular weight is 322 g/mol. The molecule has 1 saturated heterocycles. The first kappa shape index (κ1) is 17.2. The van der Waals surface area contributed by atoms with Crippen LogP contribution >= 0.6 is 0 Å². The maximum atomic E-state index is 13.9. The van der Waals surface area contributed by atoms with Crippen LogP contribution in [-0.4, -0.2) is 48.6 Å². The van der Waals surface area contributed by atoms with Gasteiger partial charge in [0.1, 0.15) is 11.4 Å². The summed E-state index contributed by atoms with van der Waals surface area (Å²) in [6.07, 6.45) is -0.324. The molecule has 0 bridgehead atoms. The van der Waals surface area contributed by atoms with E-state index in [9.17, 15) is 14.0 Å². The molecular formula is C17H23FN2O3. The Hall–Kier alpha value is -2.11. The molecule has 0 atom stereocenters. The van der Waals surface area contributed by atoms with E-state index in [1.165, 1.54) is 19.1 Å². The van der Waals surface area contributed by atoms with Crippen molar-refractivity contribution in [1.29, 1.82) is 0 Å². The van der Waals surface area contributed by atoms with Crippen molar-refractivity contribution in [3.63, 3.8) is 0 Å². The Bertz CT molecular complexity index is 602. The number of piperazine rings is 1. The molecule has 1 aliphatic heterocycles. The summed E-state index contributed by atoms with van der Waals surface area (Å²) < 4.78 is 19.3. The third-order valence-electron chi connectivity index (χ3n) is 3.63. The van der Waals surface area contributed by atoms with E-state index in [0.717, 1.165) is 5.69 Å². The molecule has 1 aliphatic rings. The van der Waals surface area contributed by atoms with Gasteiger partial charge in [-0.1, -0.05) is 0 Å². The van der Waals surface area contributed by atoms with Crippen molar-refractivity contribution in [2.45, 2.75) is 33.3 Å². The van der Waals surface area contributed by atoms with E-state index in [2.05, 4.69) is 0 Å². The minimum absolute atomic E-state index is 0.0983. The summed E-state index contributed by atoms with van der Waals surface area (Å²) in [5.74, 6) is -0.798. The average Bonchev–Trinajstić information content (AvgIpc) is 2.45. The molecule has 2 rings (SSSR count). The first-order valence-corrected chi connectivity index (χ1v) is 7.71. The predicted octanol–water partition coefficient (Wildman–Crippen LogP) is 3.09. The second kappa shape index (κ2) is 6.56. The number of halogens is 1. The molecule has 1 heterocycles. The number of benzene rings is 1. The Kier molecular flexibility index (Phi) is 4.92. The molecule has 1 fully saturated rings. The number of carbonyl (C=O) groups excluding carboxylic acids is 2. The molecule has 0 aliphatic carbocycles. The number of hydrogen-bond donors (Lipinski definition) is 0. The fourth-order valence-electron chi connectivity index (χ4n) is 2.46. The molecule has 6 heteroatoms. The summed E-state index contributed by atoms with van der Waals surface area (Å²) in [5, 5.41) is 0. The van der Waals surface area contributed by atoms with E-state index in [4.69, 9.17) is 4.74 Å². The van der Waals surface area contributed by atoms with E-state index in [-0.39, 0.29) is 17.4 Å². The van der Waals surface area contributed by atoms with Crippen molar-refractivity contribution in [3.05, 3.63) is 29.6 Å². The Labute approximate surface area is 136 Å². The van der Waals surface area contributed by atoms with Crippen LogP contribution in [0.25, 0.3) is 0 Å². The summed E-state index contributed by atoms with van der Waals surface area (Å²) >= 11 is 0. The van der Waals surface area contributed by atoms with Crippen LogP contribution in [0.1, 0.15) is 38.1 Å². The van der Waals surface area contributed by atoms with E-state index in [0.29, 0.717) is 26.2 Å². The van der Waals surface area contributed by atoms with Gasteiger partial charge < -0.3 is 14.5 Å². The van der Waals surface area contributed by atoms with Gasteiger partial charge in [0.05, 0.1) is 5.56 Å². The summed E-state index contributed by atoms with van der Waals surface area (Å²) in [7, 11) is 0. The van der Waals surface area contributed by atoms with Gasteiger partial charge >= 0.3 is 6.09 Å². The monoisotopic (exact) mass is 322 g/mol. The Morgan fingerprint density at radius 1 is 1.13 bits per heavy atom. The van der Waals surface area contributed by atoms with Crippen molar-refractivity contribution < 1.29 is 18.7 Å². The van der Waals surface area contributed by atoms with Crippen LogP contribution in [0.3, 0.4) is 0 Å². The van der Waals surface area contributed by atoms with Gasteiger partial charge in [0.2, 0.25) is 0 Å². The van der Waals surface area contributed by atoms with E-state index < -0.39 is 11.4 Å². The third-order valence-corrected chi connectivity index (χ3v) is 3.63. The molecule has 126 valence electrons. The fraction of sp³-hybridized carbons (Fsp3) is 0.529. The maximum absolute atomic E-state index is 13.9. The zero-order valence-electron chi connectivity index (χ0n) is 14.1. The quantitative estimate of drug-likeness (QED) is 0.785. The molecule has 23 heavy (non-hydrogen) atoms. The number of anilines is 1. The second-order valence-corrected chi connectivity index (χ2v) is 6.67. The molecule has 0 saturated carbocycles. The highest BCUT2D eigenvalue weighted by atomic mass is 19.1. The highest BCUT2D eigenvalue weighted by molar-refractivity contribution is 5.94. The van der Waals surface area contributed by atoms with Crippen LogP contribution in [0.5, 0.6) is 0 Å². The van der Waals surface area contributed by atoms with Crippen LogP contribution in [0, 0.1) is 5.82 Å². The summed E-state index contributed by atoms with van der Waals surface area (Å²) in [4.78, 5) is 26.9. The minimum atomic E-state index is -0.514. The van der Waals surface area contributed by atoms with Crippen LogP contribution < -0.4 is 4.90 Å². The molecule has 1 amide bonds. The van der Waals surface area contributed by atoms with E-state index in [1.807, 2.05) is 25.7 Å². The number of rotatable bonds is 2. The summed E-state index contributed by atoms with van der Waals surface area (Å²) in [6, 6.07) is 4.62. The number of hydrogen-bond acceptors (Lipinski definition) is 4. The number of nitrogens with zero attached hydrogens (tertiary/aromatic N) is 2. The summed E-state index contributed by atoms with van der Waals surface area (Å²) in [5.41, 5.74) is 0.303. The first-order chi connectivity index (χ1) is 10.7. The van der Waals surface area contributed by atoms with Crippen molar-refractivity contribution in [2.75, 3.05) is 31.1 Å². The van der Waals surface area contributed by atoms with Gasteiger partial charge in [-0.25, -0.2) is 9.18 Å². The number of Topliss-reactive ketones (excluding diaryl/α,β-unsaturated/α-hetero) is 1. The molecule has 0 N–H and O–H groups in total. The Morgan fingerprint density at radius 2 is 1.74 bits per heavy atom. The zero-order chi connectivity index (χ0) is 17.2. The third kappa shape index (κ3) is 4.43. The second-order valence-electron chi connectivity index (χ2n) is 6.67. The van der Waals surface area contributed by atoms with Crippen LogP contribution in [0.4, 0.5) is 14.9 Å². The summed E-state index contributed by atoms with van der Waals surface area (Å²) in [6.45, 7) is 9.07. The van der Waals surface area contributed by atoms with Crippen molar-refractivity contribution >= 4 is 17.6 Å². The molecule has 0 spiro atoms. The largest absolute Gasteiger partial charge is 0.444 e. The molecule has 0 unspecified atom stereocenters. The Morgan fingerprint density at radius 3 is 2.22 bits per heavy atom. The van der Waals surface area contributed by atoms with Gasteiger partial charge in [0.15, 0.2) is 5.78 Å². The normalized spacial score (nSPS) is 15.5. The molecule has 0 aromatic heterocycles. The van der Waals surface area contributed by atoms with Crippen LogP contribution in [-0.2, 0) is 4.74 Å². The lowest BCUT2D eigenvalue weighted by Gasteiger charge is -2.36. The van der Waals surface area contributed by atoms with Crippen molar-refractivity contribution in [3.8, 4) is 0 Å². The predicted molar refractivity (Wildman–Crippen MR) is 86.4 cm³/mol. The first-order valence-electron chi connectivity index (χ1n) is 7.71. The van der Waals surface area contributed by atoms with Gasteiger partial charge in [0.25, 0.3) is 0 Å². The highest BCUT2D eigenvalue weighted by Gasteiger charge is 2.26. The molecule has 1 aromatic carbocycles. The SMILES string of the molecule is CC(=O)c1ccc(N2CCN(C(=O)OC(C)(C)C)CC2)cc1F. The molecule has 5 nitrogen and oxygen atoms in total. The van der Waals surface area contributed by atoms with Crippen molar-refractivity contribution in [1.82, 2.24) is 4.90 Å². The molecule has 1 aromatic rings. The lowest BCUT2D eigenvalue weighted by Crippen LogP contribution is -2.50. The Balaban J connectivity index is 1.98. The molecule has 0 radical (unpaired) electrons. The number of ketones is 1. The van der Waals surface area contributed by atoms with Gasteiger partial charge in [-0.15, -0.1) is 0 Å². The van der Waals surface area contributed by atoms with Gasteiger partial charge in [-0.2, -0.15) is 0 Å². The highest BCUT2D eigenvalue weighted by Crippen LogP contribution is 2.21. The molecular weight excluding hydrogens is 299 g/mol. The maximum Gasteiger partial charge on any atom is 0.410 e. The smallest absolute Gasteiger partial charge is 0.410 e. The van der Waals surface area contributed by atoms with Gasteiger partial charge in [-0.3, -0.25) is 4.79 Å². The fourth-order valence-corrected chi connectivity index (χ4v) is 2.46. The van der Waals surface area contributed by atoms with Crippen LogP contribution in [0.2, 0.25) is 0 Å². The minimum Gasteiger partial charge on any atom is -0.444 e. The number of amides is 1. The number of carbonyl (C=O) groups is 2. The lowest BCUT2D eigenvalue weighted by molar-refractivity contribution is 0.0240. The standard InChI is InChI=1S/C17H23FN2O3/c1-12(21)14-6-5-13(11-15(14)18)19-7-9-20(10-8-19)16(22)23-17(2,3)4/h5-6,11H,7-10H2,1-4H3. The van der Waals surface area contributed by atoms with Gasteiger partial charge in [0, 0.05) is 31.9 Å². The van der Waals surface area contributed by atoms with Crippen LogP contribution in [0.15, 0.2) is 18.2 Å². The number of ether oxygens (including phenoxy) is 1. The lowest BCUT2D eigenvalue weighted by atomic mass is 10.1.